The van der Waals surface area contributed by atoms with Crippen molar-refractivity contribution in [1.29, 1.82) is 0 Å². The highest BCUT2D eigenvalue weighted by atomic mass is 16.4. The van der Waals surface area contributed by atoms with Gasteiger partial charge in [0.05, 0.1) is 18.0 Å². The zero-order chi connectivity index (χ0) is 14.7. The number of amides is 2. The van der Waals surface area contributed by atoms with Crippen LogP contribution < -0.4 is 5.32 Å². The van der Waals surface area contributed by atoms with Gasteiger partial charge in [-0.15, -0.1) is 0 Å². The summed E-state index contributed by atoms with van der Waals surface area (Å²) < 4.78 is 1.24. The van der Waals surface area contributed by atoms with E-state index in [4.69, 9.17) is 5.11 Å². The number of aliphatic hydroxyl groups is 1. The second-order valence-electron chi connectivity index (χ2n) is 4.99. The minimum atomic E-state index is -0.995. The Balaban J connectivity index is 1.88. The number of aliphatic hydroxyl groups excluding tert-OH is 1. The van der Waals surface area contributed by atoms with Crippen LogP contribution in [-0.4, -0.2) is 56.1 Å². The van der Waals surface area contributed by atoms with Gasteiger partial charge in [-0.2, -0.15) is 5.10 Å². The molecule has 0 radical (unpaired) electrons. The number of likely N-dealkylation sites (tertiary alicyclic amines) is 1. The molecule has 0 bridgehead atoms. The van der Waals surface area contributed by atoms with E-state index in [1.807, 2.05) is 0 Å². The predicted octanol–water partition coefficient (Wildman–Crippen LogP) is 0.202. The van der Waals surface area contributed by atoms with Crippen LogP contribution in [0.25, 0.3) is 0 Å². The van der Waals surface area contributed by atoms with Crippen LogP contribution >= 0.6 is 0 Å². The quantitative estimate of drug-likeness (QED) is 0.731. The van der Waals surface area contributed by atoms with E-state index in [2.05, 4.69) is 10.4 Å². The zero-order valence-corrected chi connectivity index (χ0v) is 11.2. The van der Waals surface area contributed by atoms with Gasteiger partial charge in [0.1, 0.15) is 6.54 Å². The number of carbonyl (C=O) groups is 2. The average Bonchev–Trinajstić information content (AvgIpc) is 2.97. The van der Waals surface area contributed by atoms with Crippen LogP contribution in [0.1, 0.15) is 13.3 Å². The highest BCUT2D eigenvalue weighted by molar-refractivity contribution is 5.89. The molecule has 2 heterocycles. The summed E-state index contributed by atoms with van der Waals surface area (Å²) in [7, 11) is 0. The smallest absolute Gasteiger partial charge is 0.325 e. The topological polar surface area (TPSA) is 108 Å². The maximum atomic E-state index is 12.0. The Kier molecular flexibility index (Phi) is 4.23. The number of aromatic nitrogens is 2. The monoisotopic (exact) mass is 282 g/mol. The van der Waals surface area contributed by atoms with Crippen LogP contribution in [0, 0.1) is 5.92 Å². The van der Waals surface area contributed by atoms with Gasteiger partial charge in [0, 0.05) is 25.2 Å². The number of aliphatic carboxylic acids is 1. The molecule has 0 spiro atoms. The molecular weight excluding hydrogens is 264 g/mol. The second kappa shape index (κ2) is 5.91. The fraction of sp³-hybridized carbons (Fsp3) is 0.583. The lowest BCUT2D eigenvalue weighted by molar-refractivity contribution is -0.137. The lowest BCUT2D eigenvalue weighted by Crippen LogP contribution is -2.34. The van der Waals surface area contributed by atoms with Gasteiger partial charge >= 0.3 is 12.0 Å². The molecule has 8 heteroatoms. The Morgan fingerprint density at radius 3 is 2.95 bits per heavy atom. The molecule has 1 aliphatic heterocycles. The third kappa shape index (κ3) is 3.47. The van der Waals surface area contributed by atoms with Gasteiger partial charge in [-0.1, -0.05) is 0 Å². The van der Waals surface area contributed by atoms with Crippen LogP contribution in [0.3, 0.4) is 0 Å². The van der Waals surface area contributed by atoms with Crippen molar-refractivity contribution in [3.63, 3.8) is 0 Å². The Hall–Kier alpha value is -2.09. The lowest BCUT2D eigenvalue weighted by atomic mass is 10.0. The maximum absolute atomic E-state index is 12.0. The van der Waals surface area contributed by atoms with Crippen molar-refractivity contribution in [3.8, 4) is 0 Å². The minimum Gasteiger partial charge on any atom is -0.480 e. The Bertz CT molecular complexity index is 499. The summed E-state index contributed by atoms with van der Waals surface area (Å²) in [5.41, 5.74) is 0.455. The Morgan fingerprint density at radius 1 is 1.60 bits per heavy atom. The molecule has 2 atom stereocenters. The van der Waals surface area contributed by atoms with E-state index in [0.717, 1.165) is 6.42 Å². The van der Waals surface area contributed by atoms with Crippen LogP contribution in [-0.2, 0) is 11.3 Å². The molecule has 1 fully saturated rings. The summed E-state index contributed by atoms with van der Waals surface area (Å²) in [6, 6.07) is -0.261. The third-order valence-electron chi connectivity index (χ3n) is 3.38. The van der Waals surface area contributed by atoms with Crippen molar-refractivity contribution in [2.75, 3.05) is 18.4 Å². The molecular formula is C12H18N4O4. The van der Waals surface area contributed by atoms with Crippen molar-refractivity contribution in [2.45, 2.75) is 26.0 Å². The molecule has 110 valence electrons. The van der Waals surface area contributed by atoms with Gasteiger partial charge in [-0.25, -0.2) is 4.79 Å². The normalized spacial score (nSPS) is 19.9. The van der Waals surface area contributed by atoms with Gasteiger partial charge in [0.2, 0.25) is 0 Å². The Morgan fingerprint density at radius 2 is 2.35 bits per heavy atom. The Labute approximate surface area is 116 Å². The molecule has 1 aliphatic rings. The first-order valence-corrected chi connectivity index (χ1v) is 6.44. The van der Waals surface area contributed by atoms with E-state index >= 15 is 0 Å². The number of hydrogen-bond donors (Lipinski definition) is 3. The van der Waals surface area contributed by atoms with E-state index in [1.54, 1.807) is 11.8 Å². The first-order chi connectivity index (χ1) is 9.45. The summed E-state index contributed by atoms with van der Waals surface area (Å²) in [4.78, 5) is 24.2. The number of carbonyl (C=O) groups excluding carboxylic acids is 1. The zero-order valence-electron chi connectivity index (χ0n) is 11.2. The summed E-state index contributed by atoms with van der Waals surface area (Å²) in [5, 5.41) is 24.6. The first-order valence-electron chi connectivity index (χ1n) is 6.44. The molecule has 20 heavy (non-hydrogen) atoms. The van der Waals surface area contributed by atoms with E-state index in [0.29, 0.717) is 18.8 Å². The molecule has 2 unspecified atom stereocenters. The number of nitrogens with zero attached hydrogens (tertiary/aromatic N) is 3. The largest absolute Gasteiger partial charge is 0.480 e. The number of urea groups is 1. The fourth-order valence-corrected chi connectivity index (χ4v) is 2.22. The molecule has 8 nitrogen and oxygen atoms in total. The molecule has 1 saturated heterocycles. The number of hydrogen-bond acceptors (Lipinski definition) is 4. The number of nitrogens with one attached hydrogen (secondary N) is 1. The average molecular weight is 282 g/mol. The molecule has 2 rings (SSSR count). The number of anilines is 1. The van der Waals surface area contributed by atoms with Crippen molar-refractivity contribution in [1.82, 2.24) is 14.7 Å². The SMILES string of the molecule is CC(O)C1CCN(C(=O)Nc2cnn(CC(=O)O)c2)C1. The van der Waals surface area contributed by atoms with E-state index < -0.39 is 12.1 Å². The lowest BCUT2D eigenvalue weighted by Gasteiger charge is -2.17. The summed E-state index contributed by atoms with van der Waals surface area (Å²) in [5.74, 6) is -0.888. The van der Waals surface area contributed by atoms with Crippen LogP contribution in [0.15, 0.2) is 12.4 Å². The third-order valence-corrected chi connectivity index (χ3v) is 3.38. The fourth-order valence-electron chi connectivity index (χ4n) is 2.22. The van der Waals surface area contributed by atoms with E-state index in [1.165, 1.54) is 17.1 Å². The number of rotatable bonds is 4. The van der Waals surface area contributed by atoms with Crippen molar-refractivity contribution in [3.05, 3.63) is 12.4 Å². The van der Waals surface area contributed by atoms with E-state index in [-0.39, 0.29) is 18.5 Å². The minimum absolute atomic E-state index is 0.107. The first kappa shape index (κ1) is 14.3. The molecule has 0 aliphatic carbocycles. The summed E-state index contributed by atoms with van der Waals surface area (Å²) in [6.45, 7) is 2.60. The summed E-state index contributed by atoms with van der Waals surface area (Å²) >= 11 is 0. The molecule has 2 amide bonds. The highest BCUT2D eigenvalue weighted by Gasteiger charge is 2.29. The van der Waals surface area contributed by atoms with Crippen LogP contribution in [0.5, 0.6) is 0 Å². The molecule has 3 N–H and O–H groups in total. The second-order valence-corrected chi connectivity index (χ2v) is 4.99. The maximum Gasteiger partial charge on any atom is 0.325 e. The van der Waals surface area contributed by atoms with Gasteiger partial charge in [-0.05, 0) is 13.3 Å². The van der Waals surface area contributed by atoms with Crippen LogP contribution in [0.4, 0.5) is 10.5 Å². The van der Waals surface area contributed by atoms with Crippen molar-refractivity contribution in [2.24, 2.45) is 5.92 Å². The number of carboxylic acid groups (broad SMARTS) is 1. The van der Waals surface area contributed by atoms with Crippen LogP contribution in [0.2, 0.25) is 0 Å². The standard InChI is InChI=1S/C12H18N4O4/c1-8(17)9-2-3-15(5-9)12(20)14-10-4-13-16(6-10)7-11(18)19/h4,6,8-9,17H,2-3,5,7H2,1H3,(H,14,20)(H,18,19). The predicted molar refractivity (Wildman–Crippen MR) is 70.2 cm³/mol. The van der Waals surface area contributed by atoms with Gasteiger partial charge in [0.25, 0.3) is 0 Å². The molecule has 0 saturated carbocycles. The molecule has 1 aromatic heterocycles. The van der Waals surface area contributed by atoms with Crippen molar-refractivity contribution < 1.29 is 19.8 Å². The van der Waals surface area contributed by atoms with Gasteiger partial charge in [-0.3, -0.25) is 9.48 Å². The van der Waals surface area contributed by atoms with Gasteiger partial charge in [0.15, 0.2) is 0 Å². The van der Waals surface area contributed by atoms with E-state index in [9.17, 15) is 14.7 Å². The molecule has 0 aromatic carbocycles. The molecule has 1 aromatic rings. The van der Waals surface area contributed by atoms with Crippen molar-refractivity contribution >= 4 is 17.7 Å². The highest BCUT2D eigenvalue weighted by Crippen LogP contribution is 2.20. The number of carboxylic acids is 1. The van der Waals surface area contributed by atoms with Gasteiger partial charge < -0.3 is 20.4 Å². The summed E-state index contributed by atoms with van der Waals surface area (Å²) in [6.07, 6.45) is 3.23.